The lowest BCUT2D eigenvalue weighted by atomic mass is 10.1. The number of alkyl halides is 3. The van der Waals surface area contributed by atoms with Gasteiger partial charge >= 0.3 is 12.2 Å². The van der Waals surface area contributed by atoms with Crippen LogP contribution in [0.5, 0.6) is 0 Å². The van der Waals surface area contributed by atoms with Crippen LogP contribution in [0.4, 0.5) is 18.0 Å². The molecule has 1 aliphatic heterocycles. The number of carbonyl (C=O) groups is 1. The number of primary amides is 1. The molecule has 1 saturated carbocycles. The number of rotatable bonds is 3. The molecule has 2 amide bonds. The smallest absolute Gasteiger partial charge is 0.351 e. The van der Waals surface area contributed by atoms with Gasteiger partial charge in [-0.3, -0.25) is 0 Å². The molecule has 0 radical (unpaired) electrons. The van der Waals surface area contributed by atoms with Gasteiger partial charge in [-0.15, -0.1) is 0 Å². The van der Waals surface area contributed by atoms with Gasteiger partial charge in [-0.05, 0) is 37.8 Å². The number of benzene rings is 1. The second-order valence-electron chi connectivity index (χ2n) is 6.72. The number of para-hydroxylation sites is 1. The molecule has 1 atom stereocenters. The maximum atomic E-state index is 13.5. The molecule has 2 aliphatic rings. The molecule has 1 aromatic heterocycles. The fraction of sp³-hybridized carbons (Fsp3) is 0.471. The monoisotopic (exact) mass is 365 g/mol. The number of hydrogen-bond donors (Lipinski definition) is 1. The summed E-state index contributed by atoms with van der Waals surface area (Å²) in [6.45, 7) is 0.465. The second kappa shape index (κ2) is 6.00. The number of nitrogens with two attached hydrogens (primary N) is 1. The van der Waals surface area contributed by atoms with Gasteiger partial charge in [0.1, 0.15) is 0 Å². The van der Waals surface area contributed by atoms with Crippen molar-refractivity contribution in [2.24, 2.45) is 5.73 Å². The van der Waals surface area contributed by atoms with Crippen molar-refractivity contribution in [3.63, 3.8) is 0 Å². The van der Waals surface area contributed by atoms with Crippen molar-refractivity contribution in [2.45, 2.75) is 43.8 Å². The van der Waals surface area contributed by atoms with E-state index >= 15 is 0 Å². The predicted molar refractivity (Wildman–Crippen MR) is 86.6 cm³/mol. The van der Waals surface area contributed by atoms with Crippen LogP contribution in [0.15, 0.2) is 24.3 Å². The van der Waals surface area contributed by atoms with Crippen molar-refractivity contribution in [1.82, 2.24) is 19.7 Å². The van der Waals surface area contributed by atoms with Crippen molar-refractivity contribution in [3.8, 4) is 5.69 Å². The van der Waals surface area contributed by atoms with Crippen LogP contribution in [0.3, 0.4) is 0 Å². The van der Waals surface area contributed by atoms with Gasteiger partial charge in [0, 0.05) is 12.5 Å². The summed E-state index contributed by atoms with van der Waals surface area (Å²) in [6.07, 6.45) is -1.35. The third-order valence-corrected chi connectivity index (χ3v) is 4.86. The standard InChI is InChI=1S/C17H18F3N5O/c18-17(19,20)11-4-1-2-5-12(11)25-15(22-14(23-25)10-7-8-10)13-6-3-9-24(13)16(21)26/h1-2,4-5,10,13H,3,6-9H2,(H2,21,26)/t13-/m0/s1. The minimum atomic E-state index is -4.52. The van der Waals surface area contributed by atoms with Crippen molar-refractivity contribution in [1.29, 1.82) is 0 Å². The first-order chi connectivity index (χ1) is 12.4. The molecule has 2 aromatic rings. The molecular weight excluding hydrogens is 347 g/mol. The van der Waals surface area contributed by atoms with E-state index in [1.165, 1.54) is 27.8 Å². The highest BCUT2D eigenvalue weighted by atomic mass is 19.4. The van der Waals surface area contributed by atoms with E-state index in [-0.39, 0.29) is 11.6 Å². The zero-order chi connectivity index (χ0) is 18.5. The average molecular weight is 365 g/mol. The first-order valence-electron chi connectivity index (χ1n) is 8.56. The summed E-state index contributed by atoms with van der Waals surface area (Å²) in [7, 11) is 0. The summed E-state index contributed by atoms with van der Waals surface area (Å²) >= 11 is 0. The largest absolute Gasteiger partial charge is 0.418 e. The number of aromatic nitrogens is 3. The van der Waals surface area contributed by atoms with Crippen LogP contribution in [-0.4, -0.2) is 32.2 Å². The quantitative estimate of drug-likeness (QED) is 0.906. The Kier molecular flexibility index (Phi) is 3.89. The molecule has 0 spiro atoms. The van der Waals surface area contributed by atoms with E-state index in [1.54, 1.807) is 0 Å². The van der Waals surface area contributed by atoms with E-state index in [0.717, 1.165) is 25.3 Å². The van der Waals surface area contributed by atoms with E-state index in [1.807, 2.05) is 0 Å². The fourth-order valence-corrected chi connectivity index (χ4v) is 3.45. The summed E-state index contributed by atoms with van der Waals surface area (Å²) in [4.78, 5) is 17.7. The van der Waals surface area contributed by atoms with E-state index in [2.05, 4.69) is 10.1 Å². The zero-order valence-electron chi connectivity index (χ0n) is 13.9. The van der Waals surface area contributed by atoms with E-state index in [9.17, 15) is 18.0 Å². The van der Waals surface area contributed by atoms with Gasteiger partial charge in [0.15, 0.2) is 11.6 Å². The van der Waals surface area contributed by atoms with Crippen LogP contribution in [0, 0.1) is 0 Å². The number of carbonyl (C=O) groups excluding carboxylic acids is 1. The van der Waals surface area contributed by atoms with Gasteiger partial charge in [-0.2, -0.15) is 18.3 Å². The Morgan fingerprint density at radius 2 is 1.92 bits per heavy atom. The molecule has 4 rings (SSSR count). The van der Waals surface area contributed by atoms with Gasteiger partial charge < -0.3 is 10.6 Å². The van der Waals surface area contributed by atoms with Gasteiger partial charge in [0.25, 0.3) is 0 Å². The Hall–Kier alpha value is -2.58. The van der Waals surface area contributed by atoms with Crippen molar-refractivity contribution in [2.75, 3.05) is 6.54 Å². The lowest BCUT2D eigenvalue weighted by Crippen LogP contribution is -2.36. The molecule has 138 valence electrons. The molecule has 0 bridgehead atoms. The summed E-state index contributed by atoms with van der Waals surface area (Å²) in [5, 5.41) is 4.38. The van der Waals surface area contributed by atoms with Crippen LogP contribution in [0.2, 0.25) is 0 Å². The molecule has 6 nitrogen and oxygen atoms in total. The molecule has 9 heteroatoms. The normalized spacial score (nSPS) is 20.6. The maximum absolute atomic E-state index is 13.5. The summed E-state index contributed by atoms with van der Waals surface area (Å²) in [5.41, 5.74) is 4.58. The third-order valence-electron chi connectivity index (χ3n) is 4.86. The molecule has 0 unspecified atom stereocenters. The average Bonchev–Trinajstić information content (AvgIpc) is 3.16. The zero-order valence-corrected chi connectivity index (χ0v) is 13.9. The SMILES string of the molecule is NC(=O)N1CCC[C@H]1c1nc(C2CC2)nn1-c1ccccc1C(F)(F)F. The number of urea groups is 1. The van der Waals surface area contributed by atoms with Gasteiger partial charge in [-0.25, -0.2) is 14.5 Å². The first-order valence-corrected chi connectivity index (χ1v) is 8.56. The van der Waals surface area contributed by atoms with Crippen LogP contribution in [0.1, 0.15) is 54.9 Å². The summed E-state index contributed by atoms with van der Waals surface area (Å²) in [5.74, 6) is 1.06. The maximum Gasteiger partial charge on any atom is 0.418 e. The Morgan fingerprint density at radius 1 is 1.19 bits per heavy atom. The summed E-state index contributed by atoms with van der Waals surface area (Å²) in [6, 6.07) is 4.22. The van der Waals surface area contributed by atoms with Gasteiger partial charge in [-0.1, -0.05) is 12.1 Å². The van der Waals surface area contributed by atoms with Crippen LogP contribution >= 0.6 is 0 Å². The highest BCUT2D eigenvalue weighted by molar-refractivity contribution is 5.72. The molecule has 2 heterocycles. The molecule has 1 aromatic carbocycles. The minimum Gasteiger partial charge on any atom is -0.351 e. The molecule has 2 fully saturated rings. The topological polar surface area (TPSA) is 77.0 Å². The Labute approximate surface area is 147 Å². The first kappa shape index (κ1) is 16.9. The van der Waals surface area contributed by atoms with E-state index in [4.69, 9.17) is 5.73 Å². The number of nitrogens with zero attached hydrogens (tertiary/aromatic N) is 4. The highest BCUT2D eigenvalue weighted by Gasteiger charge is 2.39. The number of likely N-dealkylation sites (tertiary alicyclic amines) is 1. The van der Waals surface area contributed by atoms with Crippen molar-refractivity contribution in [3.05, 3.63) is 41.5 Å². The lowest BCUT2D eigenvalue weighted by molar-refractivity contribution is -0.137. The molecular formula is C17H18F3N5O. The van der Waals surface area contributed by atoms with E-state index < -0.39 is 23.8 Å². The van der Waals surface area contributed by atoms with Gasteiger partial charge in [0.2, 0.25) is 0 Å². The molecule has 26 heavy (non-hydrogen) atoms. The fourth-order valence-electron chi connectivity index (χ4n) is 3.45. The molecule has 2 N–H and O–H groups in total. The molecule has 1 saturated heterocycles. The van der Waals surface area contributed by atoms with E-state index in [0.29, 0.717) is 24.6 Å². The third kappa shape index (κ3) is 2.91. The van der Waals surface area contributed by atoms with Crippen molar-refractivity contribution >= 4 is 6.03 Å². The Morgan fingerprint density at radius 3 is 2.58 bits per heavy atom. The van der Waals surface area contributed by atoms with Crippen LogP contribution in [0.25, 0.3) is 5.69 Å². The molecule has 1 aliphatic carbocycles. The van der Waals surface area contributed by atoms with Gasteiger partial charge in [0.05, 0.1) is 17.3 Å². The number of halogens is 3. The highest BCUT2D eigenvalue weighted by Crippen LogP contribution is 2.41. The summed E-state index contributed by atoms with van der Waals surface area (Å²) < 4.78 is 41.7. The van der Waals surface area contributed by atoms with Crippen molar-refractivity contribution < 1.29 is 18.0 Å². The Balaban J connectivity index is 1.86. The second-order valence-corrected chi connectivity index (χ2v) is 6.72. The predicted octanol–water partition coefficient (Wildman–Crippen LogP) is 3.38. The van der Waals surface area contributed by atoms with Crippen LogP contribution < -0.4 is 5.73 Å². The number of amides is 2. The lowest BCUT2D eigenvalue weighted by Gasteiger charge is -2.23. The number of hydrogen-bond acceptors (Lipinski definition) is 3. The minimum absolute atomic E-state index is 0.0780. The Bertz CT molecular complexity index is 843. The van der Waals surface area contributed by atoms with Crippen LogP contribution in [-0.2, 0) is 6.18 Å².